The molecule has 1 fully saturated rings. The summed E-state index contributed by atoms with van der Waals surface area (Å²) < 4.78 is 26.4. The number of nitrogens with zero attached hydrogens (tertiary/aromatic N) is 2. The van der Waals surface area contributed by atoms with Crippen LogP contribution in [-0.4, -0.2) is 43.2 Å². The number of para-hydroxylation sites is 1. The van der Waals surface area contributed by atoms with Gasteiger partial charge in [0.2, 0.25) is 0 Å². The summed E-state index contributed by atoms with van der Waals surface area (Å²) in [6.45, 7) is 0.739. The number of anilines is 1. The van der Waals surface area contributed by atoms with Crippen LogP contribution in [0.4, 0.5) is 14.5 Å². The Balaban J connectivity index is 0.00000193. The molecule has 0 bridgehead atoms. The molecule has 0 spiro atoms. The molecule has 1 heterocycles. The lowest BCUT2D eigenvalue weighted by Crippen LogP contribution is -2.57. The third kappa shape index (κ3) is 6.15. The molecule has 182 valence electrons. The number of benzene rings is 2. The van der Waals surface area contributed by atoms with Crippen LogP contribution in [0.15, 0.2) is 47.5 Å². The van der Waals surface area contributed by atoms with Gasteiger partial charge in [0, 0.05) is 37.3 Å². The Kier molecular flexibility index (Phi) is 9.49. The number of halogens is 4. The maximum atomic E-state index is 13.4. The van der Waals surface area contributed by atoms with Crippen LogP contribution in [0.2, 0.25) is 0 Å². The number of fused-ring (bicyclic) bond motifs is 1. The van der Waals surface area contributed by atoms with Crippen molar-refractivity contribution < 1.29 is 8.78 Å². The normalized spacial score (nSPS) is 23.8. The first-order chi connectivity index (χ1) is 14.9. The van der Waals surface area contributed by atoms with Gasteiger partial charge in [0.05, 0.1) is 0 Å². The maximum absolute atomic E-state index is 13.4. The van der Waals surface area contributed by atoms with Crippen molar-refractivity contribution in [2.75, 3.05) is 26.0 Å². The van der Waals surface area contributed by atoms with Crippen molar-refractivity contribution in [3.8, 4) is 0 Å². The molecule has 0 saturated heterocycles. The van der Waals surface area contributed by atoms with Crippen LogP contribution in [0.1, 0.15) is 36.8 Å². The summed E-state index contributed by atoms with van der Waals surface area (Å²) in [7, 11) is 3.99. The third-order valence-corrected chi connectivity index (χ3v) is 6.40. The Morgan fingerprint density at radius 3 is 2.42 bits per heavy atom. The summed E-state index contributed by atoms with van der Waals surface area (Å²) in [4.78, 5) is 6.96. The maximum Gasteiger partial charge on any atom is 0.187 e. The van der Waals surface area contributed by atoms with Gasteiger partial charge in [-0.15, -0.1) is 24.8 Å². The number of hydrogen-bond donors (Lipinski definition) is 3. The highest BCUT2D eigenvalue weighted by atomic mass is 35.5. The molecule has 1 unspecified atom stereocenters. The zero-order chi connectivity index (χ0) is 22.0. The molecular formula is C24H33Cl2F2N5. The Morgan fingerprint density at radius 2 is 1.76 bits per heavy atom. The minimum Gasteiger partial charge on any atom is -0.362 e. The molecule has 0 amide bonds. The Hall–Kier alpha value is -1.93. The summed E-state index contributed by atoms with van der Waals surface area (Å²) in [6.07, 6.45) is 4.64. The van der Waals surface area contributed by atoms with Crippen LogP contribution in [0.3, 0.4) is 0 Å². The first-order valence-electron chi connectivity index (χ1n) is 11.0. The van der Waals surface area contributed by atoms with E-state index in [4.69, 9.17) is 10.7 Å². The van der Waals surface area contributed by atoms with E-state index in [1.54, 1.807) is 6.07 Å². The second-order valence-electron chi connectivity index (χ2n) is 8.83. The van der Waals surface area contributed by atoms with E-state index < -0.39 is 17.4 Å². The summed E-state index contributed by atoms with van der Waals surface area (Å²) >= 11 is 0. The van der Waals surface area contributed by atoms with Gasteiger partial charge in [0.25, 0.3) is 0 Å². The van der Waals surface area contributed by atoms with E-state index in [1.807, 2.05) is 31.1 Å². The Labute approximate surface area is 207 Å². The van der Waals surface area contributed by atoms with E-state index >= 15 is 0 Å². The molecule has 0 aromatic heterocycles. The number of amidine groups is 1. The quantitative estimate of drug-likeness (QED) is 0.564. The highest BCUT2D eigenvalue weighted by Crippen LogP contribution is 2.37. The molecule has 2 aromatic rings. The fourth-order valence-corrected chi connectivity index (χ4v) is 4.65. The fraction of sp³-hybridized carbons (Fsp3) is 0.458. The summed E-state index contributed by atoms with van der Waals surface area (Å²) in [5, 5.41) is 7.06. The highest BCUT2D eigenvalue weighted by Gasteiger charge is 2.40. The number of hydrogen-bond acceptors (Lipinski definition) is 5. The first kappa shape index (κ1) is 27.3. The molecule has 2 aromatic carbocycles. The van der Waals surface area contributed by atoms with E-state index in [2.05, 4.69) is 22.8 Å². The minimum atomic E-state index is -0.815. The molecule has 4 rings (SSSR count). The standard InChI is InChI=1S/C24H31F2N5.2ClH/c1-31(2)23-19-5-3-4-6-22(19)29-24(27,30-23)17-8-10-18(11-9-17)28-14-13-16-7-12-20(25)21(26)15-16;;/h3-7,12,15,17-18,28-29H,8-11,13-14,27H2,1-2H3;2*1H. The molecule has 0 radical (unpaired) electrons. The van der Waals surface area contributed by atoms with Gasteiger partial charge < -0.3 is 15.5 Å². The molecule has 33 heavy (non-hydrogen) atoms. The summed E-state index contributed by atoms with van der Waals surface area (Å²) in [6, 6.07) is 12.7. The van der Waals surface area contributed by atoms with E-state index in [9.17, 15) is 8.78 Å². The van der Waals surface area contributed by atoms with E-state index in [0.717, 1.165) is 54.9 Å². The van der Waals surface area contributed by atoms with Gasteiger partial charge in [-0.1, -0.05) is 18.2 Å². The lowest BCUT2D eigenvalue weighted by atomic mass is 9.81. The second-order valence-corrected chi connectivity index (χ2v) is 8.83. The predicted molar refractivity (Wildman–Crippen MR) is 136 cm³/mol. The lowest BCUT2D eigenvalue weighted by molar-refractivity contribution is 0.207. The van der Waals surface area contributed by atoms with Crippen LogP contribution < -0.4 is 16.4 Å². The fourth-order valence-electron chi connectivity index (χ4n) is 4.65. The lowest BCUT2D eigenvalue weighted by Gasteiger charge is -2.43. The van der Waals surface area contributed by atoms with Crippen LogP contribution in [0.25, 0.3) is 0 Å². The van der Waals surface area contributed by atoms with Crippen molar-refractivity contribution in [3.05, 3.63) is 65.2 Å². The predicted octanol–water partition coefficient (Wildman–Crippen LogP) is 4.55. The molecular weight excluding hydrogens is 467 g/mol. The topological polar surface area (TPSA) is 65.7 Å². The Morgan fingerprint density at radius 1 is 1.06 bits per heavy atom. The number of nitrogens with two attached hydrogens (primary N) is 1. The van der Waals surface area contributed by atoms with Gasteiger partial charge in [0.1, 0.15) is 5.84 Å². The van der Waals surface area contributed by atoms with Gasteiger partial charge in [-0.05, 0) is 68.5 Å². The summed E-state index contributed by atoms with van der Waals surface area (Å²) in [5.74, 6) is -1.26. The van der Waals surface area contributed by atoms with Crippen molar-refractivity contribution in [2.45, 2.75) is 43.9 Å². The van der Waals surface area contributed by atoms with Crippen molar-refractivity contribution in [1.82, 2.24) is 10.2 Å². The largest absolute Gasteiger partial charge is 0.362 e. The zero-order valence-corrected chi connectivity index (χ0v) is 20.6. The van der Waals surface area contributed by atoms with E-state index in [-0.39, 0.29) is 30.7 Å². The number of nitrogens with one attached hydrogen (secondary N) is 2. The smallest absolute Gasteiger partial charge is 0.187 e. The van der Waals surface area contributed by atoms with Gasteiger partial charge in [-0.3, -0.25) is 5.73 Å². The average Bonchev–Trinajstić information content (AvgIpc) is 2.76. The number of rotatable bonds is 5. The molecule has 1 atom stereocenters. The molecule has 1 aliphatic heterocycles. The van der Waals surface area contributed by atoms with Crippen LogP contribution in [-0.2, 0) is 6.42 Å². The molecule has 4 N–H and O–H groups in total. The van der Waals surface area contributed by atoms with Crippen molar-refractivity contribution >= 4 is 36.3 Å². The average molecular weight is 500 g/mol. The summed E-state index contributed by atoms with van der Waals surface area (Å²) in [5.41, 5.74) is 9.71. The van der Waals surface area contributed by atoms with Crippen molar-refractivity contribution in [2.24, 2.45) is 16.6 Å². The van der Waals surface area contributed by atoms with Gasteiger partial charge in [-0.2, -0.15) is 0 Å². The van der Waals surface area contributed by atoms with Crippen molar-refractivity contribution in [1.29, 1.82) is 0 Å². The molecule has 9 heteroatoms. The van der Waals surface area contributed by atoms with Gasteiger partial charge in [0.15, 0.2) is 17.4 Å². The number of aliphatic imine (C=N–C) groups is 1. The van der Waals surface area contributed by atoms with Gasteiger partial charge in [-0.25, -0.2) is 13.8 Å². The zero-order valence-electron chi connectivity index (χ0n) is 19.0. The van der Waals surface area contributed by atoms with Gasteiger partial charge >= 0.3 is 0 Å². The molecule has 1 aliphatic carbocycles. The highest BCUT2D eigenvalue weighted by molar-refractivity contribution is 6.05. The minimum absolute atomic E-state index is 0. The Bertz CT molecular complexity index is 964. The third-order valence-electron chi connectivity index (χ3n) is 6.40. The molecule has 2 aliphatic rings. The molecule has 1 saturated carbocycles. The molecule has 5 nitrogen and oxygen atoms in total. The monoisotopic (exact) mass is 499 g/mol. The van der Waals surface area contributed by atoms with E-state index in [1.165, 1.54) is 12.1 Å². The van der Waals surface area contributed by atoms with Crippen molar-refractivity contribution in [3.63, 3.8) is 0 Å². The van der Waals surface area contributed by atoms with Crippen LogP contribution in [0.5, 0.6) is 0 Å². The SMILES string of the molecule is CN(C)C1=NC(N)(C2CCC(NCCc3ccc(F)c(F)c3)CC2)Nc2ccccc21.Cl.Cl. The first-order valence-corrected chi connectivity index (χ1v) is 11.0. The van der Waals surface area contributed by atoms with Crippen LogP contribution >= 0.6 is 24.8 Å². The van der Waals surface area contributed by atoms with E-state index in [0.29, 0.717) is 12.5 Å². The van der Waals surface area contributed by atoms with Crippen LogP contribution in [0, 0.1) is 17.6 Å². The second kappa shape index (κ2) is 11.5.